The summed E-state index contributed by atoms with van der Waals surface area (Å²) in [7, 11) is -2.67. The van der Waals surface area contributed by atoms with Crippen LogP contribution in [0.15, 0.2) is 71.9 Å². The number of rotatable bonds is 8. The van der Waals surface area contributed by atoms with Crippen LogP contribution in [0.2, 0.25) is 0 Å². The van der Waals surface area contributed by atoms with Crippen LogP contribution in [0.5, 0.6) is 5.75 Å². The van der Waals surface area contributed by atoms with Crippen molar-refractivity contribution in [3.05, 3.63) is 83.7 Å². The number of aromatic nitrogens is 1. The van der Waals surface area contributed by atoms with Crippen molar-refractivity contribution in [3.63, 3.8) is 0 Å². The van der Waals surface area contributed by atoms with Crippen LogP contribution in [0.25, 0.3) is 0 Å². The fourth-order valence-electron chi connectivity index (χ4n) is 4.04. The van der Waals surface area contributed by atoms with E-state index in [0.717, 1.165) is 24.8 Å². The van der Waals surface area contributed by atoms with Crippen LogP contribution in [-0.2, 0) is 16.6 Å². The van der Waals surface area contributed by atoms with Gasteiger partial charge in [-0.05, 0) is 61.2 Å². The molecule has 1 aliphatic rings. The van der Waals surface area contributed by atoms with Gasteiger partial charge in [-0.2, -0.15) is 0 Å². The Morgan fingerprint density at radius 1 is 1.00 bits per heavy atom. The van der Waals surface area contributed by atoms with Crippen molar-refractivity contribution in [2.24, 2.45) is 0 Å². The largest absolute Gasteiger partial charge is 0.496 e. The van der Waals surface area contributed by atoms with Gasteiger partial charge in [0, 0.05) is 32.0 Å². The smallest absolute Gasteiger partial charge is 0.261 e. The zero-order valence-corrected chi connectivity index (χ0v) is 20.8. The predicted molar refractivity (Wildman–Crippen MR) is 135 cm³/mol. The number of sulfonamides is 1. The number of pyridine rings is 1. The van der Waals surface area contributed by atoms with Crippen LogP contribution in [0, 0.1) is 0 Å². The van der Waals surface area contributed by atoms with Crippen LogP contribution in [0.1, 0.15) is 45.5 Å². The number of piperidine rings is 1. The van der Waals surface area contributed by atoms with Gasteiger partial charge < -0.3 is 15.0 Å². The van der Waals surface area contributed by atoms with E-state index in [9.17, 15) is 18.0 Å². The molecule has 2 N–H and O–H groups in total. The number of carbonyl (C=O) groups excluding carboxylic acids is 2. The maximum absolute atomic E-state index is 13.3. The number of anilines is 1. The molecule has 0 spiro atoms. The third kappa shape index (κ3) is 5.83. The molecule has 0 radical (unpaired) electrons. The van der Waals surface area contributed by atoms with Crippen molar-refractivity contribution in [2.45, 2.75) is 30.7 Å². The highest BCUT2D eigenvalue weighted by Gasteiger charge is 2.25. The van der Waals surface area contributed by atoms with Crippen molar-refractivity contribution >= 4 is 27.5 Å². The van der Waals surface area contributed by atoms with Crippen molar-refractivity contribution in [1.82, 2.24) is 15.2 Å². The summed E-state index contributed by atoms with van der Waals surface area (Å²) < 4.78 is 34.4. The summed E-state index contributed by atoms with van der Waals surface area (Å²) in [5.41, 5.74) is 1.29. The average molecular weight is 509 g/mol. The predicted octanol–water partition coefficient (Wildman–Crippen LogP) is 3.45. The molecule has 0 unspecified atom stereocenters. The minimum atomic E-state index is -4.11. The van der Waals surface area contributed by atoms with Gasteiger partial charge in [0.15, 0.2) is 0 Å². The molecule has 0 atom stereocenters. The first-order valence-electron chi connectivity index (χ1n) is 11.7. The van der Waals surface area contributed by atoms with Crippen LogP contribution in [-0.4, -0.2) is 50.3 Å². The van der Waals surface area contributed by atoms with Crippen molar-refractivity contribution in [2.75, 3.05) is 24.9 Å². The van der Waals surface area contributed by atoms with E-state index in [1.807, 2.05) is 6.07 Å². The zero-order chi connectivity index (χ0) is 25.5. The number of methoxy groups -OCH3 is 1. The Bertz CT molecular complexity index is 1340. The summed E-state index contributed by atoms with van der Waals surface area (Å²) in [6, 6.07) is 14.1. The van der Waals surface area contributed by atoms with E-state index in [1.54, 1.807) is 35.5 Å². The quantitative estimate of drug-likeness (QED) is 0.481. The monoisotopic (exact) mass is 508 g/mol. The molecule has 4 rings (SSSR count). The SMILES string of the molecule is COc1ccc(S(=O)(=O)Nc2ccccc2C(=O)NCc2cccnc2)cc1C(=O)N1CCCCC1. The van der Waals surface area contributed by atoms with Crippen molar-refractivity contribution in [1.29, 1.82) is 0 Å². The lowest BCUT2D eigenvalue weighted by Gasteiger charge is -2.27. The number of para-hydroxylation sites is 1. The Kier molecular flexibility index (Phi) is 7.84. The average Bonchev–Trinajstić information content (AvgIpc) is 2.92. The van der Waals surface area contributed by atoms with Gasteiger partial charge in [0.1, 0.15) is 5.75 Å². The van der Waals surface area contributed by atoms with Crippen LogP contribution >= 0.6 is 0 Å². The van der Waals surface area contributed by atoms with E-state index >= 15 is 0 Å². The van der Waals surface area contributed by atoms with E-state index in [-0.39, 0.29) is 34.2 Å². The first-order chi connectivity index (χ1) is 17.4. The molecular weight excluding hydrogens is 480 g/mol. The van der Waals surface area contributed by atoms with Gasteiger partial charge in [0.25, 0.3) is 21.8 Å². The lowest BCUT2D eigenvalue weighted by Crippen LogP contribution is -2.35. The van der Waals surface area contributed by atoms with E-state index < -0.39 is 15.9 Å². The number of carbonyl (C=O) groups is 2. The molecule has 0 saturated carbocycles. The van der Waals surface area contributed by atoms with E-state index in [4.69, 9.17) is 4.74 Å². The summed E-state index contributed by atoms with van der Waals surface area (Å²) in [6.07, 6.45) is 6.16. The third-order valence-electron chi connectivity index (χ3n) is 5.95. The minimum Gasteiger partial charge on any atom is -0.496 e. The molecule has 9 nitrogen and oxygen atoms in total. The molecular formula is C26H28N4O5S. The summed E-state index contributed by atoms with van der Waals surface area (Å²) >= 11 is 0. The van der Waals surface area contributed by atoms with E-state index in [1.165, 1.54) is 37.4 Å². The van der Waals surface area contributed by atoms with Crippen LogP contribution in [0.3, 0.4) is 0 Å². The van der Waals surface area contributed by atoms with Crippen molar-refractivity contribution in [3.8, 4) is 5.75 Å². The summed E-state index contributed by atoms with van der Waals surface area (Å²) in [5.74, 6) is -0.397. The zero-order valence-electron chi connectivity index (χ0n) is 19.9. The molecule has 2 heterocycles. The normalized spacial score (nSPS) is 13.6. The molecule has 0 bridgehead atoms. The summed E-state index contributed by atoms with van der Waals surface area (Å²) in [4.78, 5) is 31.6. The molecule has 3 aromatic rings. The van der Waals surface area contributed by atoms with Crippen LogP contribution in [0.4, 0.5) is 5.69 Å². The first-order valence-corrected chi connectivity index (χ1v) is 13.1. The van der Waals surface area contributed by atoms with Gasteiger partial charge in [-0.25, -0.2) is 8.42 Å². The highest BCUT2D eigenvalue weighted by Crippen LogP contribution is 2.27. The molecule has 1 fully saturated rings. The molecule has 2 aromatic carbocycles. The highest BCUT2D eigenvalue weighted by atomic mass is 32.2. The lowest BCUT2D eigenvalue weighted by molar-refractivity contribution is 0.0720. The van der Waals surface area contributed by atoms with Gasteiger partial charge in [-0.15, -0.1) is 0 Å². The number of nitrogens with zero attached hydrogens (tertiary/aromatic N) is 2. The molecule has 188 valence electrons. The number of hydrogen-bond acceptors (Lipinski definition) is 6. The molecule has 1 saturated heterocycles. The van der Waals surface area contributed by atoms with Crippen molar-refractivity contribution < 1.29 is 22.7 Å². The van der Waals surface area contributed by atoms with Crippen LogP contribution < -0.4 is 14.8 Å². The number of ether oxygens (including phenoxy) is 1. The Morgan fingerprint density at radius 3 is 2.50 bits per heavy atom. The number of hydrogen-bond donors (Lipinski definition) is 2. The maximum atomic E-state index is 13.3. The second-order valence-electron chi connectivity index (χ2n) is 8.41. The molecule has 1 aliphatic heterocycles. The number of nitrogens with one attached hydrogen (secondary N) is 2. The molecule has 2 amide bonds. The standard InChI is InChI=1S/C26H28N4O5S/c1-35-24-12-11-20(16-22(24)26(32)30-14-5-2-6-15-30)36(33,34)29-23-10-4-3-9-21(23)25(31)28-18-19-8-7-13-27-17-19/h3-4,7-13,16-17,29H,2,5-6,14-15,18H2,1H3,(H,28,31). The third-order valence-corrected chi connectivity index (χ3v) is 7.31. The second kappa shape index (κ2) is 11.2. The molecule has 36 heavy (non-hydrogen) atoms. The Morgan fingerprint density at radius 2 is 1.78 bits per heavy atom. The Balaban J connectivity index is 1.57. The molecule has 0 aliphatic carbocycles. The van der Waals surface area contributed by atoms with E-state index in [2.05, 4.69) is 15.0 Å². The van der Waals surface area contributed by atoms with Gasteiger partial charge in [0.05, 0.1) is 28.8 Å². The van der Waals surface area contributed by atoms with Gasteiger partial charge in [-0.1, -0.05) is 18.2 Å². The fourth-order valence-corrected chi connectivity index (χ4v) is 5.15. The highest BCUT2D eigenvalue weighted by molar-refractivity contribution is 7.92. The Labute approximate surface area is 210 Å². The minimum absolute atomic E-state index is 0.103. The second-order valence-corrected chi connectivity index (χ2v) is 10.1. The topological polar surface area (TPSA) is 118 Å². The number of likely N-dealkylation sites (tertiary alicyclic amines) is 1. The van der Waals surface area contributed by atoms with Gasteiger partial charge in [-0.3, -0.25) is 19.3 Å². The van der Waals surface area contributed by atoms with E-state index in [0.29, 0.717) is 18.8 Å². The summed E-state index contributed by atoms with van der Waals surface area (Å²) in [6.45, 7) is 1.49. The summed E-state index contributed by atoms with van der Waals surface area (Å²) in [5, 5.41) is 2.78. The number of amides is 2. The first kappa shape index (κ1) is 25.2. The lowest BCUT2D eigenvalue weighted by atomic mass is 10.1. The van der Waals surface area contributed by atoms with Gasteiger partial charge in [0.2, 0.25) is 0 Å². The number of benzene rings is 2. The van der Waals surface area contributed by atoms with Gasteiger partial charge >= 0.3 is 0 Å². The fraction of sp³-hybridized carbons (Fsp3) is 0.269. The maximum Gasteiger partial charge on any atom is 0.261 e. The molecule has 1 aromatic heterocycles. The molecule has 10 heteroatoms. The Hall–Kier alpha value is -3.92.